The highest BCUT2D eigenvalue weighted by atomic mass is 19.4. The van der Waals surface area contributed by atoms with Crippen LogP contribution in [0.4, 0.5) is 22.0 Å². The lowest BCUT2D eigenvalue weighted by atomic mass is 9.96. The number of hydrogen-bond acceptors (Lipinski definition) is 0. The van der Waals surface area contributed by atoms with Crippen molar-refractivity contribution in [3.8, 4) is 33.9 Å². The van der Waals surface area contributed by atoms with Crippen molar-refractivity contribution in [3.05, 3.63) is 230 Å². The Hall–Kier alpha value is -8.95. The molecule has 4 heterocycles. The molecule has 14 rings (SSSR count). The van der Waals surface area contributed by atoms with Crippen LogP contribution in [-0.2, 0) is 6.18 Å². The van der Waals surface area contributed by atoms with Crippen LogP contribution in [0.5, 0.6) is 0 Å². The molecule has 4 aromatic heterocycles. The van der Waals surface area contributed by atoms with E-state index in [4.69, 9.17) is 0 Å². The summed E-state index contributed by atoms with van der Waals surface area (Å²) < 4.78 is 88.4. The standard InChI is InChI=1S/C61H35F5N4/c62-48-20-13-21-49(63)60(48)46-34-58(69-54-26-11-5-18-42(54)44-30-28-36(32-56(44)69)67-50-22-7-1-14-38(50)39-15-2-8-23-51(39)67)59(35-47(46)61(64,65)66)70-55-27-12-6-19-43(55)45-31-29-37(33-57(45)70)68-52-24-9-3-16-40(52)41-17-4-10-25-53(41)68/h1-35H. The van der Waals surface area contributed by atoms with E-state index in [1.807, 2.05) is 130 Å². The third kappa shape index (κ3) is 5.69. The van der Waals surface area contributed by atoms with Crippen molar-refractivity contribution < 1.29 is 22.0 Å². The van der Waals surface area contributed by atoms with Gasteiger partial charge in [0, 0.05) is 60.0 Å². The van der Waals surface area contributed by atoms with Gasteiger partial charge in [0.25, 0.3) is 0 Å². The second-order valence-corrected chi connectivity index (χ2v) is 17.8. The largest absolute Gasteiger partial charge is 0.417 e. The second-order valence-electron chi connectivity index (χ2n) is 17.8. The molecule has 70 heavy (non-hydrogen) atoms. The van der Waals surface area contributed by atoms with Crippen LogP contribution in [0.15, 0.2) is 212 Å². The van der Waals surface area contributed by atoms with Gasteiger partial charge in [0.05, 0.1) is 66.6 Å². The first-order chi connectivity index (χ1) is 34.2. The molecule has 0 amide bonds. The van der Waals surface area contributed by atoms with E-state index in [9.17, 15) is 0 Å². The Labute approximate surface area is 395 Å². The molecule has 0 saturated carbocycles. The van der Waals surface area contributed by atoms with Crippen LogP contribution in [-0.4, -0.2) is 18.3 Å². The Bertz CT molecular complexity index is 4380. The molecule has 0 aliphatic carbocycles. The number of nitrogens with zero attached hydrogens (tertiary/aromatic N) is 4. The zero-order valence-electron chi connectivity index (χ0n) is 36.9. The first-order valence-corrected chi connectivity index (χ1v) is 23.0. The molecule has 0 fully saturated rings. The normalized spacial score (nSPS) is 12.4. The number of halogens is 5. The van der Waals surface area contributed by atoms with Gasteiger partial charge in [0.1, 0.15) is 11.6 Å². The minimum absolute atomic E-state index is 0.170. The summed E-state index contributed by atoms with van der Waals surface area (Å²) >= 11 is 0. The summed E-state index contributed by atoms with van der Waals surface area (Å²) in [5, 5.41) is 7.63. The molecule has 0 atom stereocenters. The maximum Gasteiger partial charge on any atom is 0.417 e. The predicted molar refractivity (Wildman–Crippen MR) is 274 cm³/mol. The molecule has 0 bridgehead atoms. The van der Waals surface area contributed by atoms with Crippen molar-refractivity contribution in [2.75, 3.05) is 0 Å². The summed E-state index contributed by atoms with van der Waals surface area (Å²) in [5.41, 5.74) is 6.18. The molecule has 9 heteroatoms. The highest BCUT2D eigenvalue weighted by molar-refractivity contribution is 6.14. The molecular weight excluding hydrogens is 884 g/mol. The fourth-order valence-corrected chi connectivity index (χ4v) is 11.2. The number of hydrogen-bond donors (Lipinski definition) is 0. The number of rotatable bonds is 5. The average molecular weight is 919 g/mol. The summed E-state index contributed by atoms with van der Waals surface area (Å²) in [7, 11) is 0. The van der Waals surface area contributed by atoms with E-state index < -0.39 is 34.5 Å². The van der Waals surface area contributed by atoms with Crippen molar-refractivity contribution >= 4 is 87.2 Å². The molecule has 14 aromatic rings. The molecule has 0 spiro atoms. The van der Waals surface area contributed by atoms with Crippen LogP contribution >= 0.6 is 0 Å². The number of fused-ring (bicyclic) bond motifs is 12. The Morgan fingerprint density at radius 1 is 0.286 bits per heavy atom. The maximum atomic E-state index is 16.1. The van der Waals surface area contributed by atoms with Gasteiger partial charge in [-0.1, -0.05) is 127 Å². The first-order valence-electron chi connectivity index (χ1n) is 23.0. The summed E-state index contributed by atoms with van der Waals surface area (Å²) in [5.74, 6) is -2.21. The van der Waals surface area contributed by atoms with Crippen LogP contribution in [0.3, 0.4) is 0 Å². The van der Waals surface area contributed by atoms with Crippen molar-refractivity contribution in [2.24, 2.45) is 0 Å². The van der Waals surface area contributed by atoms with Crippen molar-refractivity contribution in [3.63, 3.8) is 0 Å². The van der Waals surface area contributed by atoms with Gasteiger partial charge >= 0.3 is 6.18 Å². The number of benzene rings is 10. The number of alkyl halides is 3. The van der Waals surface area contributed by atoms with Crippen LogP contribution in [0.1, 0.15) is 5.56 Å². The van der Waals surface area contributed by atoms with Crippen molar-refractivity contribution in [1.29, 1.82) is 0 Å². The van der Waals surface area contributed by atoms with E-state index in [0.717, 1.165) is 101 Å². The van der Waals surface area contributed by atoms with Gasteiger partial charge in [-0.05, 0) is 84.9 Å². The quantitative estimate of drug-likeness (QED) is 0.153. The molecule has 4 nitrogen and oxygen atoms in total. The molecule has 0 saturated heterocycles. The van der Waals surface area contributed by atoms with Gasteiger partial charge in [-0.15, -0.1) is 0 Å². The Balaban J connectivity index is 1.14. The molecule has 10 aromatic carbocycles. The van der Waals surface area contributed by atoms with Crippen LogP contribution in [0.2, 0.25) is 0 Å². The van der Waals surface area contributed by atoms with Gasteiger partial charge in [-0.25, -0.2) is 8.78 Å². The van der Waals surface area contributed by atoms with Gasteiger partial charge in [0.2, 0.25) is 0 Å². The monoisotopic (exact) mass is 918 g/mol. The zero-order valence-corrected chi connectivity index (χ0v) is 36.9. The highest BCUT2D eigenvalue weighted by Crippen LogP contribution is 2.47. The van der Waals surface area contributed by atoms with E-state index in [-0.39, 0.29) is 5.69 Å². The fourth-order valence-electron chi connectivity index (χ4n) is 11.2. The molecule has 0 N–H and O–H groups in total. The maximum absolute atomic E-state index is 16.1. The lowest BCUT2D eigenvalue weighted by molar-refractivity contribution is -0.137. The van der Waals surface area contributed by atoms with Gasteiger partial charge in [-0.3, -0.25) is 0 Å². The van der Waals surface area contributed by atoms with E-state index in [0.29, 0.717) is 27.8 Å². The lowest BCUT2D eigenvalue weighted by Crippen LogP contribution is -2.13. The molecule has 0 aliphatic rings. The first kappa shape index (κ1) is 40.1. The van der Waals surface area contributed by atoms with Crippen LogP contribution in [0.25, 0.3) is 121 Å². The average Bonchev–Trinajstić information content (AvgIpc) is 4.10. The van der Waals surface area contributed by atoms with Crippen molar-refractivity contribution in [2.45, 2.75) is 6.18 Å². The van der Waals surface area contributed by atoms with Crippen LogP contribution < -0.4 is 0 Å². The molecule has 334 valence electrons. The number of aromatic nitrogens is 4. The minimum atomic E-state index is -5.03. The molecule has 0 radical (unpaired) electrons. The summed E-state index contributed by atoms with van der Waals surface area (Å²) in [4.78, 5) is 0. The Morgan fingerprint density at radius 2 is 0.600 bits per heavy atom. The Morgan fingerprint density at radius 3 is 0.957 bits per heavy atom. The molecule has 0 aliphatic heterocycles. The lowest BCUT2D eigenvalue weighted by Gasteiger charge is -2.22. The summed E-state index contributed by atoms with van der Waals surface area (Å²) in [6.45, 7) is 0. The van der Waals surface area contributed by atoms with Gasteiger partial charge < -0.3 is 18.3 Å². The number of para-hydroxylation sites is 6. The van der Waals surface area contributed by atoms with E-state index in [1.165, 1.54) is 6.07 Å². The third-order valence-corrected chi connectivity index (χ3v) is 14.1. The highest BCUT2D eigenvalue weighted by Gasteiger charge is 2.37. The van der Waals surface area contributed by atoms with Gasteiger partial charge in [0.15, 0.2) is 0 Å². The van der Waals surface area contributed by atoms with Crippen LogP contribution in [0, 0.1) is 11.6 Å². The van der Waals surface area contributed by atoms with E-state index >= 15 is 22.0 Å². The Kier molecular flexibility index (Phi) is 8.47. The van der Waals surface area contributed by atoms with E-state index in [2.05, 4.69) is 69.8 Å². The summed E-state index contributed by atoms with van der Waals surface area (Å²) in [6, 6.07) is 66.0. The second kappa shape index (κ2) is 14.8. The minimum Gasteiger partial charge on any atom is -0.309 e. The molecular formula is C61H35F5N4. The summed E-state index contributed by atoms with van der Waals surface area (Å²) in [6.07, 6.45) is -5.03. The molecule has 0 unspecified atom stereocenters. The third-order valence-electron chi connectivity index (χ3n) is 14.1. The fraction of sp³-hybridized carbons (Fsp3) is 0.0164. The zero-order chi connectivity index (χ0) is 47.0. The van der Waals surface area contributed by atoms with Gasteiger partial charge in [-0.2, -0.15) is 13.2 Å². The van der Waals surface area contributed by atoms with Crippen molar-refractivity contribution in [1.82, 2.24) is 18.3 Å². The topological polar surface area (TPSA) is 19.7 Å². The SMILES string of the molecule is Fc1cccc(F)c1-c1cc(-n2c3ccccc3c3ccc(-n4c5ccccc5c5ccccc54)cc32)c(-n2c3ccccc3c3ccc(-n4c5ccccc5c5ccccc54)cc32)cc1C(F)(F)F. The predicted octanol–water partition coefficient (Wildman–Crippen LogP) is 17.0. The van der Waals surface area contributed by atoms with E-state index in [1.54, 1.807) is 0 Å². The smallest absolute Gasteiger partial charge is 0.309 e.